The summed E-state index contributed by atoms with van der Waals surface area (Å²) in [5.41, 5.74) is 2.99. The molecule has 0 fully saturated rings. The average Bonchev–Trinajstić information content (AvgIpc) is 2.34. The maximum absolute atomic E-state index is 5.95. The monoisotopic (exact) mass is 232 g/mol. The Balaban J connectivity index is 1.92. The van der Waals surface area contributed by atoms with Gasteiger partial charge in [0.1, 0.15) is 5.75 Å². The number of rotatable bonds is 5. The molecule has 1 aromatic rings. The van der Waals surface area contributed by atoms with E-state index in [4.69, 9.17) is 4.74 Å². The zero-order valence-electron chi connectivity index (χ0n) is 11.2. The Bertz CT molecular complexity index is 355. The van der Waals surface area contributed by atoms with Gasteiger partial charge in [0.25, 0.3) is 0 Å². The van der Waals surface area contributed by atoms with Gasteiger partial charge in [0.2, 0.25) is 0 Å². The van der Waals surface area contributed by atoms with Gasteiger partial charge in [0, 0.05) is 0 Å². The third-order valence-electron chi connectivity index (χ3n) is 3.54. The molecule has 0 aliphatic heterocycles. The fraction of sp³-hybridized carbons (Fsp3) is 0.625. The van der Waals surface area contributed by atoms with Crippen LogP contribution in [0.3, 0.4) is 0 Å². The molecule has 0 bridgehead atoms. The number of hydrogen-bond acceptors (Lipinski definition) is 1. The van der Waals surface area contributed by atoms with Crippen LogP contribution in [0, 0.1) is 5.92 Å². The van der Waals surface area contributed by atoms with E-state index in [0.29, 0.717) is 0 Å². The van der Waals surface area contributed by atoms with E-state index in [0.717, 1.165) is 18.3 Å². The minimum absolute atomic E-state index is 0.781. The second-order valence-corrected chi connectivity index (χ2v) is 5.49. The molecule has 0 spiro atoms. The van der Waals surface area contributed by atoms with Gasteiger partial charge in [-0.3, -0.25) is 0 Å². The molecule has 1 aliphatic carbocycles. The maximum Gasteiger partial charge on any atom is 0.122 e. The normalized spacial score (nSPS) is 14.8. The minimum Gasteiger partial charge on any atom is -0.493 e. The Kier molecular flexibility index (Phi) is 4.47. The third kappa shape index (κ3) is 3.49. The molecule has 0 unspecified atom stereocenters. The van der Waals surface area contributed by atoms with Crippen LogP contribution >= 0.6 is 0 Å². The van der Waals surface area contributed by atoms with Crippen molar-refractivity contribution < 1.29 is 4.74 Å². The van der Waals surface area contributed by atoms with Crippen molar-refractivity contribution in [1.29, 1.82) is 0 Å². The summed E-state index contributed by atoms with van der Waals surface area (Å²) in [4.78, 5) is 0. The van der Waals surface area contributed by atoms with Crippen molar-refractivity contribution in [3.8, 4) is 5.75 Å². The summed E-state index contributed by atoms with van der Waals surface area (Å²) in [6.45, 7) is 5.41. The van der Waals surface area contributed by atoms with Gasteiger partial charge in [0.15, 0.2) is 0 Å². The first-order valence-corrected chi connectivity index (χ1v) is 7.01. The van der Waals surface area contributed by atoms with E-state index in [2.05, 4.69) is 32.0 Å². The average molecular weight is 232 g/mol. The van der Waals surface area contributed by atoms with E-state index in [1.54, 1.807) is 0 Å². The molecular formula is C16H24O. The maximum atomic E-state index is 5.95. The molecule has 1 heteroatoms. The fourth-order valence-electron chi connectivity index (χ4n) is 2.56. The number of benzene rings is 1. The van der Waals surface area contributed by atoms with Gasteiger partial charge >= 0.3 is 0 Å². The Hall–Kier alpha value is -0.980. The number of hydrogen-bond donors (Lipinski definition) is 0. The van der Waals surface area contributed by atoms with Crippen LogP contribution in [0.5, 0.6) is 5.75 Å². The summed E-state index contributed by atoms with van der Waals surface area (Å²) in [5, 5.41) is 0. The van der Waals surface area contributed by atoms with Gasteiger partial charge in [-0.15, -0.1) is 0 Å². The van der Waals surface area contributed by atoms with Crippen LogP contribution in [-0.2, 0) is 12.8 Å². The fourth-order valence-corrected chi connectivity index (χ4v) is 2.56. The van der Waals surface area contributed by atoms with Crippen LogP contribution in [0.1, 0.15) is 50.7 Å². The highest BCUT2D eigenvalue weighted by atomic mass is 16.5. The number of aryl methyl sites for hydroxylation is 1. The standard InChI is InChI=1S/C16H24O/c1-13(2)7-6-12-17-16-11-5-9-14-8-3-4-10-15(14)16/h5,9,11,13H,3-4,6-8,10,12H2,1-2H3. The summed E-state index contributed by atoms with van der Waals surface area (Å²) in [7, 11) is 0. The van der Waals surface area contributed by atoms with Crippen LogP contribution in [-0.4, -0.2) is 6.61 Å². The van der Waals surface area contributed by atoms with E-state index < -0.39 is 0 Å². The van der Waals surface area contributed by atoms with Crippen molar-refractivity contribution in [1.82, 2.24) is 0 Å². The van der Waals surface area contributed by atoms with E-state index >= 15 is 0 Å². The van der Waals surface area contributed by atoms with Crippen molar-refractivity contribution in [2.45, 2.75) is 52.4 Å². The lowest BCUT2D eigenvalue weighted by molar-refractivity contribution is 0.293. The highest BCUT2D eigenvalue weighted by molar-refractivity contribution is 5.41. The Labute approximate surface area is 105 Å². The summed E-state index contributed by atoms with van der Waals surface area (Å²) >= 11 is 0. The van der Waals surface area contributed by atoms with E-state index in [9.17, 15) is 0 Å². The highest BCUT2D eigenvalue weighted by Gasteiger charge is 2.13. The molecular weight excluding hydrogens is 208 g/mol. The lowest BCUT2D eigenvalue weighted by Crippen LogP contribution is -2.07. The summed E-state index contributed by atoms with van der Waals surface area (Å²) < 4.78 is 5.95. The molecule has 1 aliphatic rings. The van der Waals surface area contributed by atoms with Crippen molar-refractivity contribution in [3.63, 3.8) is 0 Å². The molecule has 2 rings (SSSR count). The predicted octanol–water partition coefficient (Wildman–Crippen LogP) is 4.38. The summed E-state index contributed by atoms with van der Waals surface area (Å²) in [6.07, 6.45) is 7.52. The molecule has 1 aromatic carbocycles. The highest BCUT2D eigenvalue weighted by Crippen LogP contribution is 2.29. The van der Waals surface area contributed by atoms with Gasteiger partial charge in [-0.05, 0) is 61.6 Å². The summed E-state index contributed by atoms with van der Waals surface area (Å²) in [5.74, 6) is 1.93. The second-order valence-electron chi connectivity index (χ2n) is 5.49. The Morgan fingerprint density at radius 3 is 2.82 bits per heavy atom. The molecule has 0 aromatic heterocycles. The Morgan fingerprint density at radius 1 is 1.18 bits per heavy atom. The van der Waals surface area contributed by atoms with Gasteiger partial charge in [-0.1, -0.05) is 26.0 Å². The first-order chi connectivity index (χ1) is 8.27. The van der Waals surface area contributed by atoms with Crippen LogP contribution in [0.2, 0.25) is 0 Å². The molecule has 1 nitrogen and oxygen atoms in total. The van der Waals surface area contributed by atoms with Gasteiger partial charge in [-0.2, -0.15) is 0 Å². The molecule has 0 saturated carbocycles. The minimum atomic E-state index is 0.781. The molecule has 0 heterocycles. The predicted molar refractivity (Wildman–Crippen MR) is 72.7 cm³/mol. The molecule has 0 amide bonds. The van der Waals surface area contributed by atoms with Crippen molar-refractivity contribution >= 4 is 0 Å². The van der Waals surface area contributed by atoms with Crippen molar-refractivity contribution in [2.75, 3.05) is 6.61 Å². The van der Waals surface area contributed by atoms with E-state index in [-0.39, 0.29) is 0 Å². The number of ether oxygens (including phenoxy) is 1. The second kappa shape index (κ2) is 6.09. The molecule has 94 valence electrons. The van der Waals surface area contributed by atoms with Gasteiger partial charge < -0.3 is 4.74 Å². The first kappa shape index (κ1) is 12.5. The van der Waals surface area contributed by atoms with Crippen LogP contribution < -0.4 is 4.74 Å². The molecule has 0 atom stereocenters. The SMILES string of the molecule is CC(C)CCCOc1cccc2c1CCCC2. The van der Waals surface area contributed by atoms with E-state index in [1.165, 1.54) is 49.7 Å². The molecule has 17 heavy (non-hydrogen) atoms. The third-order valence-corrected chi connectivity index (χ3v) is 3.54. The van der Waals surface area contributed by atoms with Crippen molar-refractivity contribution in [3.05, 3.63) is 29.3 Å². The van der Waals surface area contributed by atoms with Crippen LogP contribution in [0.15, 0.2) is 18.2 Å². The zero-order valence-corrected chi connectivity index (χ0v) is 11.2. The number of fused-ring (bicyclic) bond motifs is 1. The topological polar surface area (TPSA) is 9.23 Å². The van der Waals surface area contributed by atoms with Crippen molar-refractivity contribution in [2.24, 2.45) is 5.92 Å². The van der Waals surface area contributed by atoms with Gasteiger partial charge in [-0.25, -0.2) is 0 Å². The Morgan fingerprint density at radius 2 is 2.00 bits per heavy atom. The largest absolute Gasteiger partial charge is 0.493 e. The molecule has 0 radical (unpaired) electrons. The zero-order chi connectivity index (χ0) is 12.1. The lowest BCUT2D eigenvalue weighted by Gasteiger charge is -2.19. The molecule has 0 N–H and O–H groups in total. The van der Waals surface area contributed by atoms with Gasteiger partial charge in [0.05, 0.1) is 6.61 Å². The quantitative estimate of drug-likeness (QED) is 0.684. The van der Waals surface area contributed by atoms with E-state index in [1.807, 2.05) is 0 Å². The first-order valence-electron chi connectivity index (χ1n) is 7.01. The summed E-state index contributed by atoms with van der Waals surface area (Å²) in [6, 6.07) is 6.54. The van der Waals surface area contributed by atoms with Crippen LogP contribution in [0.25, 0.3) is 0 Å². The smallest absolute Gasteiger partial charge is 0.122 e. The lowest BCUT2D eigenvalue weighted by atomic mass is 9.91. The van der Waals surface area contributed by atoms with Crippen LogP contribution in [0.4, 0.5) is 0 Å². The molecule has 0 saturated heterocycles.